The van der Waals surface area contributed by atoms with Gasteiger partial charge in [0.15, 0.2) is 11.6 Å². The van der Waals surface area contributed by atoms with Crippen LogP contribution < -0.4 is 14.8 Å². The summed E-state index contributed by atoms with van der Waals surface area (Å²) in [5.41, 5.74) is -1.24. The molecule has 0 atom stereocenters. The van der Waals surface area contributed by atoms with Crippen LogP contribution in [-0.4, -0.2) is 30.9 Å². The minimum atomic E-state index is -4.13. The highest BCUT2D eigenvalue weighted by Gasteiger charge is 2.24. The average Bonchev–Trinajstić information content (AvgIpc) is 3.17. The quantitative estimate of drug-likeness (QED) is 0.371. The summed E-state index contributed by atoms with van der Waals surface area (Å²) in [6.07, 6.45) is 1.19. The minimum Gasteiger partial charge on any atom is -0.349 e. The molecule has 1 heterocycles. The number of aromatic amines is 1. The Morgan fingerprint density at radius 2 is 1.86 bits per heavy atom. The summed E-state index contributed by atoms with van der Waals surface area (Å²) in [6, 6.07) is 4.79. The molecule has 3 aromatic rings. The van der Waals surface area contributed by atoms with Gasteiger partial charge in [-0.1, -0.05) is 0 Å². The number of H-pyrrole nitrogens is 1. The molecule has 0 aliphatic rings. The molecule has 0 spiro atoms. The van der Waals surface area contributed by atoms with Crippen LogP contribution in [0.1, 0.15) is 0 Å². The normalized spacial score (nSPS) is 11.5. The van der Waals surface area contributed by atoms with Crippen LogP contribution in [0.2, 0.25) is 0 Å². The Morgan fingerprint density at radius 1 is 1.11 bits per heavy atom. The maximum Gasteiger partial charge on any atom is 0.298 e. The molecule has 0 fully saturated rings. The van der Waals surface area contributed by atoms with Gasteiger partial charge in [0.2, 0.25) is 0 Å². The van der Waals surface area contributed by atoms with Crippen LogP contribution in [-0.2, 0) is 10.2 Å². The Labute approximate surface area is 171 Å². The molecule has 0 aliphatic carbocycles. The molecule has 0 radical (unpaired) electrons. The van der Waals surface area contributed by atoms with Gasteiger partial charge in [0.25, 0.3) is 10.2 Å². The molecule has 3 rings (SSSR count). The number of nitrogens with one attached hydrogen (secondary N) is 4. The highest BCUT2D eigenvalue weighted by atomic mass is 127. The molecule has 0 saturated carbocycles. The second kappa shape index (κ2) is 7.92. The van der Waals surface area contributed by atoms with Crippen molar-refractivity contribution in [3.05, 3.63) is 51.5 Å². The summed E-state index contributed by atoms with van der Waals surface area (Å²) in [5, 5.41) is 12.1. The van der Waals surface area contributed by atoms with E-state index in [1.165, 1.54) is 18.3 Å². The second-order valence-electron chi connectivity index (χ2n) is 5.38. The number of rotatable bonds is 6. The van der Waals surface area contributed by atoms with Crippen molar-refractivity contribution in [2.75, 3.05) is 17.1 Å². The van der Waals surface area contributed by atoms with Gasteiger partial charge in [0.05, 0.1) is 17.6 Å². The summed E-state index contributed by atoms with van der Waals surface area (Å²) in [5.74, 6) is -3.43. The molecule has 13 heteroatoms. The molecular weight excluding hydrogens is 512 g/mol. The molecule has 0 amide bonds. The Hall–Kier alpha value is -2.39. The number of hydrogen-bond acceptors (Lipinski definition) is 5. The van der Waals surface area contributed by atoms with Gasteiger partial charge in [-0.15, -0.1) is 0 Å². The molecule has 148 valence electrons. The lowest BCUT2D eigenvalue weighted by molar-refractivity contribution is 0.512. The van der Waals surface area contributed by atoms with Crippen LogP contribution in [0.5, 0.6) is 0 Å². The predicted molar refractivity (Wildman–Crippen MR) is 106 cm³/mol. The first-order valence-corrected chi connectivity index (χ1v) is 10.1. The lowest BCUT2D eigenvalue weighted by Crippen LogP contribution is -2.27. The zero-order valence-corrected chi connectivity index (χ0v) is 17.0. The minimum absolute atomic E-state index is 0.0406. The summed E-state index contributed by atoms with van der Waals surface area (Å²) >= 11 is 1.89. The van der Waals surface area contributed by atoms with Crippen LogP contribution in [0.15, 0.2) is 30.5 Å². The molecule has 4 N–H and O–H groups in total. The fraction of sp³-hybridized carbons (Fsp3) is 0.0667. The lowest BCUT2D eigenvalue weighted by Gasteiger charge is -2.18. The Kier molecular flexibility index (Phi) is 5.76. The zero-order chi connectivity index (χ0) is 20.5. The van der Waals surface area contributed by atoms with Crippen molar-refractivity contribution in [3.63, 3.8) is 0 Å². The molecule has 0 unspecified atom stereocenters. The molecule has 0 aliphatic heterocycles. The van der Waals surface area contributed by atoms with Gasteiger partial charge in [-0.3, -0.25) is 4.72 Å². The van der Waals surface area contributed by atoms with Crippen LogP contribution in [0.25, 0.3) is 11.3 Å². The number of benzene rings is 2. The maximum absolute atomic E-state index is 14.6. The topological polar surface area (TPSA) is 112 Å². The number of nitrogens with zero attached hydrogens (tertiary/aromatic N) is 2. The summed E-state index contributed by atoms with van der Waals surface area (Å²) in [6.45, 7) is 0. The van der Waals surface area contributed by atoms with Gasteiger partial charge in [-0.2, -0.15) is 23.8 Å². The average molecular weight is 524 g/mol. The van der Waals surface area contributed by atoms with Gasteiger partial charge in [0, 0.05) is 16.2 Å². The molecule has 0 saturated heterocycles. The van der Waals surface area contributed by atoms with Gasteiger partial charge < -0.3 is 5.32 Å². The second-order valence-corrected chi connectivity index (χ2v) is 8.25. The first-order chi connectivity index (χ1) is 13.2. The van der Waals surface area contributed by atoms with E-state index < -0.39 is 33.3 Å². The fourth-order valence-corrected chi connectivity index (χ4v) is 3.33. The highest BCUT2D eigenvalue weighted by Crippen LogP contribution is 2.39. The van der Waals surface area contributed by atoms with Gasteiger partial charge >= 0.3 is 0 Å². The SMILES string of the molecule is CNS(=O)(=O)Nc1c(-c2cn[nH]n2)cc(F)c(F)c1Nc1ccc(I)cc1F. The van der Waals surface area contributed by atoms with E-state index in [9.17, 15) is 21.6 Å². The molecule has 8 nitrogen and oxygen atoms in total. The largest absolute Gasteiger partial charge is 0.349 e. The van der Waals surface area contributed by atoms with Crippen molar-refractivity contribution in [1.82, 2.24) is 20.1 Å². The zero-order valence-electron chi connectivity index (χ0n) is 14.0. The van der Waals surface area contributed by atoms with Crippen molar-refractivity contribution >= 4 is 49.9 Å². The Bertz CT molecular complexity index is 1130. The molecular formula is C15H12F3IN6O2S. The van der Waals surface area contributed by atoms with Crippen LogP contribution in [0.3, 0.4) is 0 Å². The van der Waals surface area contributed by atoms with Crippen molar-refractivity contribution in [3.8, 4) is 11.3 Å². The third-order valence-corrected chi connectivity index (χ3v) is 5.29. The molecule has 2 aromatic carbocycles. The first-order valence-electron chi connectivity index (χ1n) is 7.53. The number of halogens is 4. The summed E-state index contributed by atoms with van der Waals surface area (Å²) in [4.78, 5) is 0. The van der Waals surface area contributed by atoms with Crippen LogP contribution >= 0.6 is 22.6 Å². The van der Waals surface area contributed by atoms with E-state index in [-0.39, 0.29) is 22.6 Å². The summed E-state index contributed by atoms with van der Waals surface area (Å²) < 4.78 is 71.8. The van der Waals surface area contributed by atoms with E-state index in [1.54, 1.807) is 6.07 Å². The van der Waals surface area contributed by atoms with E-state index in [1.807, 2.05) is 27.3 Å². The lowest BCUT2D eigenvalue weighted by atomic mass is 10.1. The van der Waals surface area contributed by atoms with Crippen LogP contribution in [0, 0.1) is 21.0 Å². The van der Waals surface area contributed by atoms with E-state index in [4.69, 9.17) is 0 Å². The maximum atomic E-state index is 14.6. The fourth-order valence-electron chi connectivity index (χ4n) is 2.29. The van der Waals surface area contributed by atoms with Crippen molar-refractivity contribution < 1.29 is 21.6 Å². The van der Waals surface area contributed by atoms with E-state index in [0.29, 0.717) is 3.57 Å². The highest BCUT2D eigenvalue weighted by molar-refractivity contribution is 14.1. The Morgan fingerprint density at radius 3 is 2.46 bits per heavy atom. The number of hydrogen-bond donors (Lipinski definition) is 4. The molecule has 0 bridgehead atoms. The third kappa shape index (κ3) is 4.20. The standard InChI is InChI=1S/C15H12F3IN6O2S/c1-20-28(26,27)24-14-8(12-6-21-25-23-12)5-10(17)13(18)15(14)22-11-3-2-7(19)4-9(11)16/h2-6,20,22,24H,1H3,(H,21,23,25). The summed E-state index contributed by atoms with van der Waals surface area (Å²) in [7, 11) is -3.00. The van der Waals surface area contributed by atoms with Crippen LogP contribution in [0.4, 0.5) is 30.2 Å². The van der Waals surface area contributed by atoms with E-state index in [0.717, 1.165) is 13.1 Å². The molecule has 28 heavy (non-hydrogen) atoms. The molecule has 1 aromatic heterocycles. The van der Waals surface area contributed by atoms with Crippen molar-refractivity contribution in [2.45, 2.75) is 0 Å². The van der Waals surface area contributed by atoms with E-state index in [2.05, 4.69) is 25.4 Å². The van der Waals surface area contributed by atoms with Gasteiger partial charge in [-0.05, 0) is 46.9 Å². The van der Waals surface area contributed by atoms with Crippen molar-refractivity contribution in [2.24, 2.45) is 0 Å². The first kappa shape index (κ1) is 20.3. The van der Waals surface area contributed by atoms with Gasteiger partial charge in [-0.25, -0.2) is 17.9 Å². The van der Waals surface area contributed by atoms with Crippen molar-refractivity contribution in [1.29, 1.82) is 0 Å². The monoisotopic (exact) mass is 524 g/mol. The van der Waals surface area contributed by atoms with Gasteiger partial charge in [0.1, 0.15) is 17.2 Å². The smallest absolute Gasteiger partial charge is 0.298 e. The number of aromatic nitrogens is 3. The Balaban J connectivity index is 2.24. The third-order valence-electron chi connectivity index (χ3n) is 3.61. The van der Waals surface area contributed by atoms with E-state index >= 15 is 0 Å². The number of anilines is 3. The predicted octanol–water partition coefficient (Wildman–Crippen LogP) is 3.11.